The molecule has 0 saturated heterocycles. The molecule has 0 spiro atoms. The molecule has 0 aliphatic rings. The lowest BCUT2D eigenvalue weighted by Gasteiger charge is -2.07. The molecule has 0 aliphatic carbocycles. The van der Waals surface area contributed by atoms with E-state index in [1.165, 1.54) is 36.5 Å². The van der Waals surface area contributed by atoms with Gasteiger partial charge in [-0.05, 0) is 35.2 Å². The molecule has 106 valence electrons. The Hall–Kier alpha value is -1.60. The van der Waals surface area contributed by atoms with Crippen molar-refractivity contribution in [2.24, 2.45) is 0 Å². The standard InChI is InChI=1S/C19H24O/c1-2-3-4-5-6-7-12-19(20)18-14-13-16-10-8-9-11-17(16)15-18/h7-15,19-20H,2-6H2,1H3/b12-7+. The Morgan fingerprint density at radius 2 is 1.80 bits per heavy atom. The summed E-state index contributed by atoms with van der Waals surface area (Å²) in [4.78, 5) is 0. The van der Waals surface area contributed by atoms with Crippen LogP contribution in [0.4, 0.5) is 0 Å². The summed E-state index contributed by atoms with van der Waals surface area (Å²) in [5, 5.41) is 12.6. The molecular formula is C19H24O. The second kappa shape index (κ2) is 7.86. The van der Waals surface area contributed by atoms with Crippen LogP contribution in [0.15, 0.2) is 54.6 Å². The fourth-order valence-electron chi connectivity index (χ4n) is 2.42. The van der Waals surface area contributed by atoms with E-state index in [4.69, 9.17) is 0 Å². The minimum atomic E-state index is -0.495. The zero-order valence-electron chi connectivity index (χ0n) is 12.3. The van der Waals surface area contributed by atoms with E-state index >= 15 is 0 Å². The van der Waals surface area contributed by atoms with Crippen LogP contribution >= 0.6 is 0 Å². The first kappa shape index (κ1) is 14.8. The normalized spacial score (nSPS) is 13.1. The molecule has 0 heterocycles. The van der Waals surface area contributed by atoms with Crippen molar-refractivity contribution in [2.75, 3.05) is 0 Å². The lowest BCUT2D eigenvalue weighted by molar-refractivity contribution is 0.228. The van der Waals surface area contributed by atoms with E-state index in [9.17, 15) is 5.11 Å². The Balaban J connectivity index is 1.93. The Bertz CT molecular complexity index is 556. The molecule has 0 aromatic heterocycles. The summed E-state index contributed by atoms with van der Waals surface area (Å²) >= 11 is 0. The molecule has 20 heavy (non-hydrogen) atoms. The number of benzene rings is 2. The number of aliphatic hydroxyl groups is 1. The van der Waals surface area contributed by atoms with E-state index in [-0.39, 0.29) is 0 Å². The minimum Gasteiger partial charge on any atom is -0.384 e. The van der Waals surface area contributed by atoms with Crippen LogP contribution in [0.5, 0.6) is 0 Å². The van der Waals surface area contributed by atoms with Crippen molar-refractivity contribution in [3.8, 4) is 0 Å². The van der Waals surface area contributed by atoms with E-state index in [1.54, 1.807) is 0 Å². The molecule has 0 saturated carbocycles. The van der Waals surface area contributed by atoms with Gasteiger partial charge in [0.25, 0.3) is 0 Å². The molecule has 0 amide bonds. The van der Waals surface area contributed by atoms with Crippen molar-refractivity contribution in [1.82, 2.24) is 0 Å². The largest absolute Gasteiger partial charge is 0.384 e. The highest BCUT2D eigenvalue weighted by Gasteiger charge is 2.03. The van der Waals surface area contributed by atoms with Gasteiger partial charge in [0.2, 0.25) is 0 Å². The molecule has 1 nitrogen and oxygen atoms in total. The van der Waals surface area contributed by atoms with Gasteiger partial charge >= 0.3 is 0 Å². The van der Waals surface area contributed by atoms with Crippen molar-refractivity contribution in [3.05, 3.63) is 60.2 Å². The number of fused-ring (bicyclic) bond motifs is 1. The lowest BCUT2D eigenvalue weighted by Crippen LogP contribution is -1.92. The van der Waals surface area contributed by atoms with Gasteiger partial charge in [0, 0.05) is 0 Å². The monoisotopic (exact) mass is 268 g/mol. The van der Waals surface area contributed by atoms with Crippen molar-refractivity contribution in [1.29, 1.82) is 0 Å². The molecule has 0 fully saturated rings. The van der Waals surface area contributed by atoms with E-state index in [1.807, 2.05) is 24.3 Å². The van der Waals surface area contributed by atoms with Crippen LogP contribution in [0.1, 0.15) is 50.7 Å². The van der Waals surface area contributed by atoms with Gasteiger partial charge in [-0.15, -0.1) is 0 Å². The first-order valence-corrected chi connectivity index (χ1v) is 7.64. The molecule has 1 heteroatoms. The van der Waals surface area contributed by atoms with Gasteiger partial charge in [-0.2, -0.15) is 0 Å². The van der Waals surface area contributed by atoms with E-state index in [2.05, 4.69) is 37.3 Å². The molecule has 1 N–H and O–H groups in total. The van der Waals surface area contributed by atoms with Crippen molar-refractivity contribution < 1.29 is 5.11 Å². The molecule has 0 aliphatic heterocycles. The van der Waals surface area contributed by atoms with Gasteiger partial charge in [-0.3, -0.25) is 0 Å². The predicted molar refractivity (Wildman–Crippen MR) is 86.8 cm³/mol. The molecule has 1 atom stereocenters. The lowest BCUT2D eigenvalue weighted by atomic mass is 10.0. The van der Waals surface area contributed by atoms with Crippen molar-refractivity contribution in [2.45, 2.75) is 45.1 Å². The quantitative estimate of drug-likeness (QED) is 0.526. The van der Waals surface area contributed by atoms with Gasteiger partial charge in [-0.1, -0.05) is 74.7 Å². The highest BCUT2D eigenvalue weighted by molar-refractivity contribution is 5.83. The molecule has 2 aromatic rings. The van der Waals surface area contributed by atoms with E-state index in [0.29, 0.717) is 0 Å². The van der Waals surface area contributed by atoms with Crippen LogP contribution in [-0.4, -0.2) is 5.11 Å². The summed E-state index contributed by atoms with van der Waals surface area (Å²) in [5.74, 6) is 0. The summed E-state index contributed by atoms with van der Waals surface area (Å²) < 4.78 is 0. The van der Waals surface area contributed by atoms with Gasteiger partial charge in [0.1, 0.15) is 0 Å². The third kappa shape index (κ3) is 4.21. The van der Waals surface area contributed by atoms with Crippen LogP contribution in [0.25, 0.3) is 10.8 Å². The van der Waals surface area contributed by atoms with Crippen LogP contribution in [0.2, 0.25) is 0 Å². The first-order valence-electron chi connectivity index (χ1n) is 7.64. The number of aliphatic hydroxyl groups excluding tert-OH is 1. The van der Waals surface area contributed by atoms with E-state index in [0.717, 1.165) is 12.0 Å². The maximum atomic E-state index is 10.2. The average Bonchev–Trinajstić information content (AvgIpc) is 2.50. The molecular weight excluding hydrogens is 244 g/mol. The molecule has 0 radical (unpaired) electrons. The summed E-state index contributed by atoms with van der Waals surface area (Å²) in [7, 11) is 0. The Morgan fingerprint density at radius 1 is 1.00 bits per heavy atom. The highest BCUT2D eigenvalue weighted by Crippen LogP contribution is 2.21. The number of rotatable bonds is 7. The maximum absolute atomic E-state index is 10.2. The van der Waals surface area contributed by atoms with Gasteiger partial charge in [0.15, 0.2) is 0 Å². The summed E-state index contributed by atoms with van der Waals surface area (Å²) in [6.07, 6.45) is 9.66. The second-order valence-corrected chi connectivity index (χ2v) is 5.33. The van der Waals surface area contributed by atoms with Crippen LogP contribution in [-0.2, 0) is 0 Å². The summed E-state index contributed by atoms with van der Waals surface area (Å²) in [6.45, 7) is 2.22. The number of allylic oxidation sites excluding steroid dienone is 1. The maximum Gasteiger partial charge on any atom is 0.0972 e. The topological polar surface area (TPSA) is 20.2 Å². The zero-order chi connectivity index (χ0) is 14.2. The van der Waals surface area contributed by atoms with Gasteiger partial charge in [0.05, 0.1) is 6.10 Å². The zero-order valence-corrected chi connectivity index (χ0v) is 12.3. The summed E-state index contributed by atoms with van der Waals surface area (Å²) in [6, 6.07) is 14.4. The second-order valence-electron chi connectivity index (χ2n) is 5.33. The van der Waals surface area contributed by atoms with Crippen LogP contribution in [0, 0.1) is 0 Å². The van der Waals surface area contributed by atoms with Crippen molar-refractivity contribution >= 4 is 10.8 Å². The number of hydrogen-bond donors (Lipinski definition) is 1. The minimum absolute atomic E-state index is 0.495. The molecule has 1 unspecified atom stereocenters. The fraction of sp³-hybridized carbons (Fsp3) is 0.368. The first-order chi connectivity index (χ1) is 9.81. The SMILES string of the molecule is CCCCCC/C=C/C(O)c1ccc2ccccc2c1. The summed E-state index contributed by atoms with van der Waals surface area (Å²) in [5.41, 5.74) is 0.966. The Morgan fingerprint density at radius 3 is 2.60 bits per heavy atom. The van der Waals surface area contributed by atoms with Crippen molar-refractivity contribution in [3.63, 3.8) is 0 Å². The number of unbranched alkanes of at least 4 members (excludes halogenated alkanes) is 4. The highest BCUT2D eigenvalue weighted by atomic mass is 16.3. The average molecular weight is 268 g/mol. The smallest absolute Gasteiger partial charge is 0.0972 e. The third-order valence-corrected chi connectivity index (χ3v) is 3.66. The molecule has 0 bridgehead atoms. The van der Waals surface area contributed by atoms with E-state index < -0.39 is 6.10 Å². The predicted octanol–water partition coefficient (Wildman–Crippen LogP) is 5.40. The van der Waals surface area contributed by atoms with Crippen LogP contribution < -0.4 is 0 Å². The third-order valence-electron chi connectivity index (χ3n) is 3.66. The Labute approximate surface area is 122 Å². The number of hydrogen-bond acceptors (Lipinski definition) is 1. The molecule has 2 rings (SSSR count). The molecule has 2 aromatic carbocycles. The fourth-order valence-corrected chi connectivity index (χ4v) is 2.42. The Kier molecular flexibility index (Phi) is 5.82. The van der Waals surface area contributed by atoms with Crippen LogP contribution in [0.3, 0.4) is 0 Å². The van der Waals surface area contributed by atoms with Gasteiger partial charge in [-0.25, -0.2) is 0 Å². The van der Waals surface area contributed by atoms with Gasteiger partial charge < -0.3 is 5.11 Å².